The van der Waals surface area contributed by atoms with E-state index >= 15 is 0 Å². The summed E-state index contributed by atoms with van der Waals surface area (Å²) in [6.45, 7) is 3.08. The molecule has 4 heterocycles. The van der Waals surface area contributed by atoms with Gasteiger partial charge in [0.1, 0.15) is 5.82 Å². The molecular formula is C34H29N7. The zero-order chi connectivity index (χ0) is 27.2. The Balaban J connectivity index is 1.03. The van der Waals surface area contributed by atoms with E-state index in [1.807, 2.05) is 36.5 Å². The van der Waals surface area contributed by atoms with Gasteiger partial charge in [-0.3, -0.25) is 10.00 Å². The average molecular weight is 536 g/mol. The Kier molecular flexibility index (Phi) is 5.81. The first-order valence-electron chi connectivity index (χ1n) is 14.2. The van der Waals surface area contributed by atoms with Crippen LogP contribution in [0.3, 0.4) is 0 Å². The lowest BCUT2D eigenvalue weighted by atomic mass is 9.95. The Hall–Kier alpha value is -4.88. The molecular weight excluding hydrogens is 506 g/mol. The monoisotopic (exact) mass is 535 g/mol. The Labute approximate surface area is 237 Å². The SMILES string of the molecule is c1ccc(-c2nc3cc4cn[nH]c4cc3nc2-c2ccc(CN3CCC(c4nc5ccccc5[nH]4)CC3)cc2)cc1. The molecule has 41 heavy (non-hydrogen) atoms. The molecule has 7 nitrogen and oxygen atoms in total. The van der Waals surface area contributed by atoms with Crippen molar-refractivity contribution >= 4 is 33.0 Å². The maximum Gasteiger partial charge on any atom is 0.110 e. The molecule has 1 saturated heterocycles. The van der Waals surface area contributed by atoms with Crippen molar-refractivity contribution in [1.29, 1.82) is 0 Å². The molecule has 4 aromatic carbocycles. The summed E-state index contributed by atoms with van der Waals surface area (Å²) in [5, 5.41) is 8.27. The van der Waals surface area contributed by atoms with Gasteiger partial charge in [0.05, 0.1) is 45.2 Å². The van der Waals surface area contributed by atoms with Gasteiger partial charge in [-0.25, -0.2) is 15.0 Å². The number of nitrogens with zero attached hydrogens (tertiary/aromatic N) is 5. The van der Waals surface area contributed by atoms with Gasteiger partial charge >= 0.3 is 0 Å². The second-order valence-electron chi connectivity index (χ2n) is 11.0. The van der Waals surface area contributed by atoms with E-state index in [0.717, 1.165) is 93.8 Å². The number of benzene rings is 4. The minimum atomic E-state index is 0.493. The Morgan fingerprint density at radius 2 is 1.39 bits per heavy atom. The first-order chi connectivity index (χ1) is 20.3. The Morgan fingerprint density at radius 3 is 2.17 bits per heavy atom. The van der Waals surface area contributed by atoms with Crippen LogP contribution in [0.5, 0.6) is 0 Å². The molecule has 0 spiro atoms. The summed E-state index contributed by atoms with van der Waals surface area (Å²) >= 11 is 0. The van der Waals surface area contributed by atoms with Gasteiger partial charge < -0.3 is 4.98 Å². The molecule has 1 aliphatic rings. The van der Waals surface area contributed by atoms with Gasteiger partial charge in [-0.05, 0) is 55.8 Å². The number of aromatic amines is 2. The van der Waals surface area contributed by atoms with Crippen molar-refractivity contribution < 1.29 is 0 Å². The first-order valence-corrected chi connectivity index (χ1v) is 14.2. The lowest BCUT2D eigenvalue weighted by molar-refractivity contribution is 0.202. The van der Waals surface area contributed by atoms with Gasteiger partial charge in [0.15, 0.2) is 0 Å². The van der Waals surface area contributed by atoms with Gasteiger partial charge in [0, 0.05) is 29.0 Å². The molecule has 0 radical (unpaired) electrons. The highest BCUT2D eigenvalue weighted by molar-refractivity contribution is 5.95. The van der Waals surface area contributed by atoms with E-state index in [0.29, 0.717) is 5.92 Å². The van der Waals surface area contributed by atoms with Crippen molar-refractivity contribution in [1.82, 2.24) is 35.0 Å². The van der Waals surface area contributed by atoms with E-state index in [1.165, 1.54) is 5.56 Å². The molecule has 0 atom stereocenters. The van der Waals surface area contributed by atoms with Crippen LogP contribution >= 0.6 is 0 Å². The minimum absolute atomic E-state index is 0.493. The molecule has 0 amide bonds. The molecule has 1 fully saturated rings. The topological polar surface area (TPSA) is 86.4 Å². The zero-order valence-corrected chi connectivity index (χ0v) is 22.6. The first kappa shape index (κ1) is 24.0. The van der Waals surface area contributed by atoms with Gasteiger partial charge in [-0.1, -0.05) is 66.7 Å². The van der Waals surface area contributed by atoms with Crippen LogP contribution in [0.25, 0.3) is 55.5 Å². The summed E-state index contributed by atoms with van der Waals surface area (Å²) in [7, 11) is 0. The van der Waals surface area contributed by atoms with Gasteiger partial charge in [-0.15, -0.1) is 0 Å². The number of nitrogens with one attached hydrogen (secondary N) is 2. The normalized spacial score (nSPS) is 14.8. The predicted octanol–water partition coefficient (Wildman–Crippen LogP) is 7.10. The second kappa shape index (κ2) is 9.94. The highest BCUT2D eigenvalue weighted by Crippen LogP contribution is 2.33. The number of likely N-dealkylation sites (tertiary alicyclic amines) is 1. The molecule has 200 valence electrons. The van der Waals surface area contributed by atoms with Gasteiger partial charge in [0.2, 0.25) is 0 Å². The lowest BCUT2D eigenvalue weighted by Gasteiger charge is -2.31. The number of para-hydroxylation sites is 2. The summed E-state index contributed by atoms with van der Waals surface area (Å²) in [6.07, 6.45) is 4.07. The third-order valence-corrected chi connectivity index (χ3v) is 8.29. The van der Waals surface area contributed by atoms with Crippen LogP contribution in [0.1, 0.15) is 30.1 Å². The summed E-state index contributed by atoms with van der Waals surface area (Å²) in [5.41, 5.74) is 10.1. The van der Waals surface area contributed by atoms with Crippen molar-refractivity contribution in [3.05, 3.63) is 109 Å². The number of imidazole rings is 1. The number of aromatic nitrogens is 6. The maximum atomic E-state index is 5.12. The van der Waals surface area contributed by atoms with Crippen LogP contribution in [0.4, 0.5) is 0 Å². The van der Waals surface area contributed by atoms with Crippen LogP contribution in [0.2, 0.25) is 0 Å². The minimum Gasteiger partial charge on any atom is -0.342 e. The smallest absolute Gasteiger partial charge is 0.110 e. The van der Waals surface area contributed by atoms with Crippen molar-refractivity contribution in [2.24, 2.45) is 0 Å². The number of hydrogen-bond acceptors (Lipinski definition) is 5. The van der Waals surface area contributed by atoms with E-state index < -0.39 is 0 Å². The molecule has 0 aliphatic carbocycles. The van der Waals surface area contributed by atoms with Crippen molar-refractivity contribution in [3.8, 4) is 22.5 Å². The molecule has 7 aromatic rings. The largest absolute Gasteiger partial charge is 0.342 e. The Bertz CT molecular complexity index is 1950. The standard InChI is InChI=1S/C34H29N7/c1-2-6-23(7-3-1)32-33(37-31-19-29-26(20-35-40-29)18-30(31)36-32)24-12-10-22(11-13-24)21-41-16-14-25(15-17-41)34-38-27-8-4-5-9-28(27)39-34/h1-13,18-20,25H,14-17,21H2,(H,35,40)(H,38,39). The second-order valence-corrected chi connectivity index (χ2v) is 11.0. The summed E-state index contributed by atoms with van der Waals surface area (Å²) in [6, 6.07) is 31.5. The number of hydrogen-bond donors (Lipinski definition) is 2. The van der Waals surface area contributed by atoms with E-state index in [-0.39, 0.29) is 0 Å². The van der Waals surface area contributed by atoms with Gasteiger partial charge in [-0.2, -0.15) is 5.10 Å². The fourth-order valence-corrected chi connectivity index (χ4v) is 6.05. The lowest BCUT2D eigenvalue weighted by Crippen LogP contribution is -2.32. The van der Waals surface area contributed by atoms with Crippen LogP contribution in [-0.4, -0.2) is 48.1 Å². The number of fused-ring (bicyclic) bond motifs is 3. The van der Waals surface area contributed by atoms with E-state index in [9.17, 15) is 0 Å². The number of rotatable bonds is 5. The average Bonchev–Trinajstić information content (AvgIpc) is 3.67. The summed E-state index contributed by atoms with van der Waals surface area (Å²) in [5.74, 6) is 1.63. The number of H-pyrrole nitrogens is 2. The summed E-state index contributed by atoms with van der Waals surface area (Å²) < 4.78 is 0. The molecule has 1 aliphatic heterocycles. The fraction of sp³-hybridized carbons (Fsp3) is 0.176. The zero-order valence-electron chi connectivity index (χ0n) is 22.6. The molecule has 2 N–H and O–H groups in total. The maximum absolute atomic E-state index is 5.12. The van der Waals surface area contributed by atoms with Crippen LogP contribution in [-0.2, 0) is 6.54 Å². The highest BCUT2D eigenvalue weighted by Gasteiger charge is 2.23. The number of piperidine rings is 1. The molecule has 7 heteroatoms. The van der Waals surface area contributed by atoms with Crippen molar-refractivity contribution in [3.63, 3.8) is 0 Å². The highest BCUT2D eigenvalue weighted by atomic mass is 15.1. The third-order valence-electron chi connectivity index (χ3n) is 8.29. The molecule has 0 bridgehead atoms. The quantitative estimate of drug-likeness (QED) is 0.246. The fourth-order valence-electron chi connectivity index (χ4n) is 6.05. The predicted molar refractivity (Wildman–Crippen MR) is 163 cm³/mol. The van der Waals surface area contributed by atoms with Crippen LogP contribution in [0.15, 0.2) is 97.2 Å². The molecule has 0 unspecified atom stereocenters. The van der Waals surface area contributed by atoms with Crippen molar-refractivity contribution in [2.45, 2.75) is 25.3 Å². The molecule has 8 rings (SSSR count). The van der Waals surface area contributed by atoms with E-state index in [1.54, 1.807) is 0 Å². The molecule has 3 aromatic heterocycles. The Morgan fingerprint density at radius 1 is 0.683 bits per heavy atom. The van der Waals surface area contributed by atoms with E-state index in [2.05, 4.69) is 80.7 Å². The molecule has 0 saturated carbocycles. The summed E-state index contributed by atoms with van der Waals surface area (Å²) in [4.78, 5) is 21.2. The van der Waals surface area contributed by atoms with Crippen LogP contribution < -0.4 is 0 Å². The van der Waals surface area contributed by atoms with Crippen molar-refractivity contribution in [2.75, 3.05) is 13.1 Å². The van der Waals surface area contributed by atoms with E-state index in [4.69, 9.17) is 15.0 Å². The van der Waals surface area contributed by atoms with Gasteiger partial charge in [0.25, 0.3) is 0 Å². The third kappa shape index (κ3) is 4.54. The van der Waals surface area contributed by atoms with Crippen LogP contribution in [0, 0.1) is 0 Å².